The number of nitrogens with zero attached hydrogens (tertiary/aromatic N) is 2. The van der Waals surface area contributed by atoms with Crippen LogP contribution in [0.5, 0.6) is 0 Å². The molecule has 22 heavy (non-hydrogen) atoms. The zero-order valence-electron chi connectivity index (χ0n) is 12.7. The van der Waals surface area contributed by atoms with Gasteiger partial charge in [-0.3, -0.25) is 4.79 Å². The number of carbonyl (C=O) groups is 1. The van der Waals surface area contributed by atoms with Crippen molar-refractivity contribution in [2.24, 2.45) is 0 Å². The number of hydrogen-bond donors (Lipinski definition) is 2. The molecule has 0 saturated heterocycles. The SMILES string of the molecule is CNc1ncc(C(=O)NC(COC)Cc2ccccc2)cn1. The fourth-order valence-electron chi connectivity index (χ4n) is 2.09. The van der Waals surface area contributed by atoms with Crippen LogP contribution in [0.4, 0.5) is 5.95 Å². The third kappa shape index (κ3) is 4.53. The topological polar surface area (TPSA) is 76.1 Å². The van der Waals surface area contributed by atoms with Crippen molar-refractivity contribution in [3.63, 3.8) is 0 Å². The molecule has 116 valence electrons. The number of aromatic nitrogens is 2. The molecule has 0 aliphatic rings. The van der Waals surface area contributed by atoms with Gasteiger partial charge in [0.25, 0.3) is 5.91 Å². The third-order valence-corrected chi connectivity index (χ3v) is 3.17. The minimum atomic E-state index is -0.208. The summed E-state index contributed by atoms with van der Waals surface area (Å²) in [5, 5.41) is 5.77. The molecule has 0 radical (unpaired) electrons. The highest BCUT2D eigenvalue weighted by atomic mass is 16.5. The van der Waals surface area contributed by atoms with Gasteiger partial charge in [0.05, 0.1) is 18.2 Å². The maximum atomic E-state index is 12.3. The Morgan fingerprint density at radius 2 is 1.91 bits per heavy atom. The Labute approximate surface area is 129 Å². The maximum Gasteiger partial charge on any atom is 0.254 e. The van der Waals surface area contributed by atoms with Gasteiger partial charge in [0.2, 0.25) is 5.95 Å². The van der Waals surface area contributed by atoms with Crippen molar-refractivity contribution >= 4 is 11.9 Å². The predicted molar refractivity (Wildman–Crippen MR) is 84.9 cm³/mol. The van der Waals surface area contributed by atoms with E-state index in [1.807, 2.05) is 30.3 Å². The van der Waals surface area contributed by atoms with Gasteiger partial charge in [-0.05, 0) is 12.0 Å². The van der Waals surface area contributed by atoms with Gasteiger partial charge < -0.3 is 15.4 Å². The predicted octanol–water partition coefficient (Wildman–Crippen LogP) is 1.51. The number of anilines is 1. The Morgan fingerprint density at radius 3 is 2.50 bits per heavy atom. The number of amides is 1. The lowest BCUT2D eigenvalue weighted by molar-refractivity contribution is 0.0896. The molecule has 1 aromatic heterocycles. The third-order valence-electron chi connectivity index (χ3n) is 3.17. The highest BCUT2D eigenvalue weighted by Crippen LogP contribution is 2.05. The first-order chi connectivity index (χ1) is 10.7. The summed E-state index contributed by atoms with van der Waals surface area (Å²) in [6.07, 6.45) is 3.71. The Hall–Kier alpha value is -2.47. The van der Waals surface area contributed by atoms with Crippen LogP contribution < -0.4 is 10.6 Å². The summed E-state index contributed by atoms with van der Waals surface area (Å²) < 4.78 is 5.19. The fourth-order valence-corrected chi connectivity index (χ4v) is 2.09. The molecular formula is C16H20N4O2. The van der Waals surface area contributed by atoms with Crippen LogP contribution in [0.3, 0.4) is 0 Å². The number of hydrogen-bond acceptors (Lipinski definition) is 5. The van der Waals surface area contributed by atoms with Crippen LogP contribution in [-0.4, -0.2) is 42.7 Å². The van der Waals surface area contributed by atoms with Gasteiger partial charge in [-0.1, -0.05) is 30.3 Å². The molecule has 0 spiro atoms. The second-order valence-corrected chi connectivity index (χ2v) is 4.86. The molecule has 1 atom stereocenters. The summed E-state index contributed by atoms with van der Waals surface area (Å²) in [5.41, 5.74) is 1.57. The molecule has 1 aromatic carbocycles. The lowest BCUT2D eigenvalue weighted by Crippen LogP contribution is -2.39. The minimum absolute atomic E-state index is 0.108. The average Bonchev–Trinajstić information content (AvgIpc) is 2.56. The van der Waals surface area contributed by atoms with E-state index in [9.17, 15) is 4.79 Å². The van der Waals surface area contributed by atoms with Crippen molar-refractivity contribution in [3.8, 4) is 0 Å². The molecule has 6 heteroatoms. The van der Waals surface area contributed by atoms with Crippen LogP contribution >= 0.6 is 0 Å². The van der Waals surface area contributed by atoms with E-state index in [0.29, 0.717) is 24.5 Å². The minimum Gasteiger partial charge on any atom is -0.383 e. The Balaban J connectivity index is 2.01. The molecule has 2 aromatic rings. The molecule has 1 heterocycles. The first-order valence-corrected chi connectivity index (χ1v) is 7.06. The monoisotopic (exact) mass is 300 g/mol. The highest BCUT2D eigenvalue weighted by molar-refractivity contribution is 5.93. The Bertz CT molecular complexity index is 587. The molecule has 1 unspecified atom stereocenters. The summed E-state index contributed by atoms with van der Waals surface area (Å²) >= 11 is 0. The number of benzene rings is 1. The van der Waals surface area contributed by atoms with Crippen molar-refractivity contribution in [1.29, 1.82) is 0 Å². The molecule has 6 nitrogen and oxygen atoms in total. The second-order valence-electron chi connectivity index (χ2n) is 4.86. The van der Waals surface area contributed by atoms with Crippen LogP contribution in [-0.2, 0) is 11.2 Å². The van der Waals surface area contributed by atoms with Crippen LogP contribution in [0.15, 0.2) is 42.7 Å². The smallest absolute Gasteiger partial charge is 0.254 e. The van der Waals surface area contributed by atoms with Crippen LogP contribution in [0.2, 0.25) is 0 Å². The van der Waals surface area contributed by atoms with Gasteiger partial charge in [-0.2, -0.15) is 0 Å². The summed E-state index contributed by atoms with van der Waals surface area (Å²) in [6.45, 7) is 0.441. The number of nitrogens with one attached hydrogen (secondary N) is 2. The van der Waals surface area contributed by atoms with Gasteiger partial charge >= 0.3 is 0 Å². The van der Waals surface area contributed by atoms with E-state index in [4.69, 9.17) is 4.74 Å². The van der Waals surface area contributed by atoms with Crippen LogP contribution in [0.1, 0.15) is 15.9 Å². The van der Waals surface area contributed by atoms with E-state index in [2.05, 4.69) is 20.6 Å². The molecule has 0 bridgehead atoms. The molecule has 0 aliphatic carbocycles. The van der Waals surface area contributed by atoms with Gasteiger partial charge in [-0.25, -0.2) is 9.97 Å². The van der Waals surface area contributed by atoms with E-state index < -0.39 is 0 Å². The standard InChI is InChI=1S/C16H20N4O2/c1-17-16-18-9-13(10-19-16)15(21)20-14(11-22-2)8-12-6-4-3-5-7-12/h3-7,9-10,14H,8,11H2,1-2H3,(H,20,21)(H,17,18,19). The molecule has 2 N–H and O–H groups in total. The maximum absolute atomic E-state index is 12.3. The molecular weight excluding hydrogens is 280 g/mol. The van der Waals surface area contributed by atoms with E-state index in [-0.39, 0.29) is 11.9 Å². The number of methoxy groups -OCH3 is 1. The van der Waals surface area contributed by atoms with Crippen molar-refractivity contribution in [2.75, 3.05) is 26.1 Å². The average molecular weight is 300 g/mol. The van der Waals surface area contributed by atoms with Crippen LogP contribution in [0, 0.1) is 0 Å². The fraction of sp³-hybridized carbons (Fsp3) is 0.312. The van der Waals surface area contributed by atoms with Crippen LogP contribution in [0.25, 0.3) is 0 Å². The van der Waals surface area contributed by atoms with Gasteiger partial charge in [0.1, 0.15) is 0 Å². The first-order valence-electron chi connectivity index (χ1n) is 7.06. The van der Waals surface area contributed by atoms with E-state index in [1.165, 1.54) is 12.4 Å². The van der Waals surface area contributed by atoms with Gasteiger partial charge in [0.15, 0.2) is 0 Å². The van der Waals surface area contributed by atoms with E-state index in [1.54, 1.807) is 14.2 Å². The Morgan fingerprint density at radius 1 is 1.23 bits per heavy atom. The summed E-state index contributed by atoms with van der Waals surface area (Å²) in [7, 11) is 3.35. The van der Waals surface area contributed by atoms with Crippen molar-refractivity contribution in [1.82, 2.24) is 15.3 Å². The second kappa shape index (κ2) is 8.09. The normalized spacial score (nSPS) is 11.7. The highest BCUT2D eigenvalue weighted by Gasteiger charge is 2.15. The van der Waals surface area contributed by atoms with Crippen molar-refractivity contribution in [2.45, 2.75) is 12.5 Å². The summed E-state index contributed by atoms with van der Waals surface area (Å²) in [6, 6.07) is 9.87. The zero-order chi connectivity index (χ0) is 15.8. The lowest BCUT2D eigenvalue weighted by atomic mass is 10.1. The van der Waals surface area contributed by atoms with Gasteiger partial charge in [-0.15, -0.1) is 0 Å². The van der Waals surface area contributed by atoms with Crippen molar-refractivity contribution in [3.05, 3.63) is 53.9 Å². The van der Waals surface area contributed by atoms with Crippen molar-refractivity contribution < 1.29 is 9.53 Å². The zero-order valence-corrected chi connectivity index (χ0v) is 12.7. The number of rotatable bonds is 7. The Kier molecular flexibility index (Phi) is 5.85. The van der Waals surface area contributed by atoms with E-state index in [0.717, 1.165) is 5.56 Å². The number of ether oxygens (including phenoxy) is 1. The van der Waals surface area contributed by atoms with E-state index >= 15 is 0 Å². The summed E-state index contributed by atoms with van der Waals surface area (Å²) in [5.74, 6) is 0.273. The lowest BCUT2D eigenvalue weighted by Gasteiger charge is -2.18. The quantitative estimate of drug-likeness (QED) is 0.810. The molecule has 1 amide bonds. The summed E-state index contributed by atoms with van der Waals surface area (Å²) in [4.78, 5) is 20.3. The molecule has 0 fully saturated rings. The van der Waals surface area contributed by atoms with Gasteiger partial charge in [0, 0.05) is 26.6 Å². The molecule has 0 saturated carbocycles. The molecule has 0 aliphatic heterocycles. The number of carbonyl (C=O) groups excluding carboxylic acids is 1. The molecule has 2 rings (SSSR count). The largest absolute Gasteiger partial charge is 0.383 e. The first kappa shape index (κ1) is 15.9.